The highest BCUT2D eigenvalue weighted by Gasteiger charge is 2.12. The van der Waals surface area contributed by atoms with Crippen molar-refractivity contribution in [3.63, 3.8) is 0 Å². The average molecular weight is 321 g/mol. The Hall–Kier alpha value is -2.88. The van der Waals surface area contributed by atoms with Gasteiger partial charge in [-0.25, -0.2) is 4.79 Å². The zero-order valence-electron chi connectivity index (χ0n) is 13.9. The predicted molar refractivity (Wildman–Crippen MR) is 92.8 cm³/mol. The number of carbonyl (C=O) groups is 1. The topological polar surface area (TPSA) is 52.3 Å². The van der Waals surface area contributed by atoms with E-state index < -0.39 is 0 Å². The molecule has 1 heterocycles. The molecule has 0 atom stereocenters. The smallest absolute Gasteiger partial charge is 0.337 e. The van der Waals surface area contributed by atoms with Crippen molar-refractivity contribution in [1.82, 2.24) is 5.16 Å². The van der Waals surface area contributed by atoms with Crippen molar-refractivity contribution in [2.24, 2.45) is 0 Å². The zero-order chi connectivity index (χ0) is 17.1. The molecule has 122 valence electrons. The van der Waals surface area contributed by atoms with Crippen LogP contribution in [-0.2, 0) is 4.74 Å². The van der Waals surface area contributed by atoms with Gasteiger partial charge in [0.15, 0.2) is 5.76 Å². The van der Waals surface area contributed by atoms with E-state index in [1.807, 2.05) is 24.3 Å². The van der Waals surface area contributed by atoms with E-state index in [2.05, 4.69) is 31.1 Å². The van der Waals surface area contributed by atoms with Gasteiger partial charge in [0.2, 0.25) is 0 Å². The Bertz CT molecular complexity index is 847. The molecule has 0 N–H and O–H groups in total. The molecular weight excluding hydrogens is 302 g/mol. The highest BCUT2D eigenvalue weighted by Crippen LogP contribution is 2.27. The number of benzene rings is 2. The number of nitrogens with zero attached hydrogens (tertiary/aromatic N) is 1. The van der Waals surface area contributed by atoms with E-state index in [1.54, 1.807) is 18.2 Å². The molecule has 0 saturated carbocycles. The van der Waals surface area contributed by atoms with Gasteiger partial charge in [-0.05, 0) is 23.6 Å². The second-order valence-corrected chi connectivity index (χ2v) is 5.93. The predicted octanol–water partition coefficient (Wildman–Crippen LogP) is 4.92. The molecular formula is C20H19NO3. The molecule has 3 rings (SSSR count). The van der Waals surface area contributed by atoms with Gasteiger partial charge in [-0.2, -0.15) is 0 Å². The maximum Gasteiger partial charge on any atom is 0.337 e. The van der Waals surface area contributed by atoms with Gasteiger partial charge < -0.3 is 9.26 Å². The SMILES string of the molecule is COC(=O)c1cccc(-c2cc(-c3ccc(C(C)C)cc3)on2)c1. The molecule has 1 aromatic heterocycles. The van der Waals surface area contributed by atoms with E-state index in [1.165, 1.54) is 12.7 Å². The van der Waals surface area contributed by atoms with E-state index in [-0.39, 0.29) is 5.97 Å². The minimum atomic E-state index is -0.371. The molecule has 0 spiro atoms. The second-order valence-electron chi connectivity index (χ2n) is 5.93. The minimum Gasteiger partial charge on any atom is -0.465 e. The summed E-state index contributed by atoms with van der Waals surface area (Å²) >= 11 is 0. The van der Waals surface area contributed by atoms with Crippen LogP contribution in [0.2, 0.25) is 0 Å². The molecule has 3 aromatic rings. The summed E-state index contributed by atoms with van der Waals surface area (Å²) in [5.74, 6) is 0.819. The second kappa shape index (κ2) is 6.71. The van der Waals surface area contributed by atoms with Gasteiger partial charge in [0.05, 0.1) is 12.7 Å². The third-order valence-corrected chi connectivity index (χ3v) is 3.95. The van der Waals surface area contributed by atoms with Crippen LogP contribution in [0.3, 0.4) is 0 Å². The first-order chi connectivity index (χ1) is 11.6. The molecule has 0 aliphatic carbocycles. The first-order valence-corrected chi connectivity index (χ1v) is 7.84. The maximum absolute atomic E-state index is 11.6. The maximum atomic E-state index is 11.6. The summed E-state index contributed by atoms with van der Waals surface area (Å²) in [4.78, 5) is 11.6. The molecule has 24 heavy (non-hydrogen) atoms. The lowest BCUT2D eigenvalue weighted by atomic mass is 10.0. The first-order valence-electron chi connectivity index (χ1n) is 7.84. The van der Waals surface area contributed by atoms with Crippen LogP contribution in [0.5, 0.6) is 0 Å². The van der Waals surface area contributed by atoms with E-state index in [4.69, 9.17) is 9.26 Å². The van der Waals surface area contributed by atoms with Crippen molar-refractivity contribution in [2.45, 2.75) is 19.8 Å². The van der Waals surface area contributed by atoms with Crippen LogP contribution in [0.1, 0.15) is 35.7 Å². The lowest BCUT2D eigenvalue weighted by Crippen LogP contribution is -2.00. The number of carbonyl (C=O) groups excluding carboxylic acids is 1. The lowest BCUT2D eigenvalue weighted by Gasteiger charge is -2.04. The number of ether oxygens (including phenoxy) is 1. The van der Waals surface area contributed by atoms with Crippen LogP contribution in [0.4, 0.5) is 0 Å². The monoisotopic (exact) mass is 321 g/mol. The van der Waals surface area contributed by atoms with Crippen LogP contribution in [-0.4, -0.2) is 18.2 Å². The van der Waals surface area contributed by atoms with Crippen molar-refractivity contribution in [1.29, 1.82) is 0 Å². The quantitative estimate of drug-likeness (QED) is 0.640. The van der Waals surface area contributed by atoms with E-state index in [0.717, 1.165) is 11.1 Å². The third-order valence-electron chi connectivity index (χ3n) is 3.95. The molecule has 0 aliphatic rings. The Morgan fingerprint density at radius 2 is 1.79 bits per heavy atom. The summed E-state index contributed by atoms with van der Waals surface area (Å²) in [5, 5.41) is 4.12. The number of esters is 1. The molecule has 4 heteroatoms. The Morgan fingerprint density at radius 3 is 2.46 bits per heavy atom. The highest BCUT2D eigenvalue weighted by atomic mass is 16.5. The number of methoxy groups -OCH3 is 1. The fourth-order valence-electron chi connectivity index (χ4n) is 2.50. The van der Waals surface area contributed by atoms with Crippen molar-refractivity contribution in [2.75, 3.05) is 7.11 Å². The number of hydrogen-bond donors (Lipinski definition) is 0. The molecule has 0 radical (unpaired) electrons. The fourth-order valence-corrected chi connectivity index (χ4v) is 2.50. The third kappa shape index (κ3) is 3.23. The Balaban J connectivity index is 1.89. The summed E-state index contributed by atoms with van der Waals surface area (Å²) < 4.78 is 10.2. The Labute approximate surface area is 141 Å². The Morgan fingerprint density at radius 1 is 1.04 bits per heavy atom. The molecule has 0 unspecified atom stereocenters. The molecule has 0 fully saturated rings. The number of hydrogen-bond acceptors (Lipinski definition) is 4. The van der Waals surface area contributed by atoms with Gasteiger partial charge in [0, 0.05) is 17.2 Å². The molecule has 0 amide bonds. The Kier molecular flexibility index (Phi) is 4.47. The summed E-state index contributed by atoms with van der Waals surface area (Å²) in [5.41, 5.74) is 4.24. The average Bonchev–Trinajstić information content (AvgIpc) is 3.11. The standard InChI is InChI=1S/C20H19NO3/c1-13(2)14-7-9-15(10-8-14)19-12-18(21-24-19)16-5-4-6-17(11-16)20(22)23-3/h4-13H,1-3H3. The van der Waals surface area contributed by atoms with Gasteiger partial charge >= 0.3 is 5.97 Å². The highest BCUT2D eigenvalue weighted by molar-refractivity contribution is 5.90. The van der Waals surface area contributed by atoms with Crippen LogP contribution in [0.15, 0.2) is 59.1 Å². The summed E-state index contributed by atoms with van der Waals surface area (Å²) in [6.45, 7) is 4.33. The number of aromatic nitrogens is 1. The zero-order valence-corrected chi connectivity index (χ0v) is 13.9. The molecule has 0 bridgehead atoms. The molecule has 4 nitrogen and oxygen atoms in total. The van der Waals surface area contributed by atoms with Crippen molar-refractivity contribution < 1.29 is 14.1 Å². The summed E-state index contributed by atoms with van der Waals surface area (Å²) in [7, 11) is 1.37. The van der Waals surface area contributed by atoms with Crippen LogP contribution >= 0.6 is 0 Å². The van der Waals surface area contributed by atoms with Gasteiger partial charge in [-0.15, -0.1) is 0 Å². The van der Waals surface area contributed by atoms with Crippen LogP contribution < -0.4 is 0 Å². The summed E-state index contributed by atoms with van der Waals surface area (Å²) in [6.07, 6.45) is 0. The van der Waals surface area contributed by atoms with Gasteiger partial charge in [0.1, 0.15) is 5.69 Å². The fraction of sp³-hybridized carbons (Fsp3) is 0.200. The van der Waals surface area contributed by atoms with Crippen molar-refractivity contribution in [3.8, 4) is 22.6 Å². The van der Waals surface area contributed by atoms with Crippen molar-refractivity contribution >= 4 is 5.97 Å². The van der Waals surface area contributed by atoms with Gasteiger partial charge in [0.25, 0.3) is 0 Å². The van der Waals surface area contributed by atoms with Gasteiger partial charge in [-0.3, -0.25) is 0 Å². The molecule has 2 aromatic carbocycles. The molecule has 0 saturated heterocycles. The molecule has 0 aliphatic heterocycles. The van der Waals surface area contributed by atoms with Gasteiger partial charge in [-0.1, -0.05) is 55.4 Å². The largest absolute Gasteiger partial charge is 0.465 e. The van der Waals surface area contributed by atoms with Crippen LogP contribution in [0.25, 0.3) is 22.6 Å². The van der Waals surface area contributed by atoms with E-state index >= 15 is 0 Å². The lowest BCUT2D eigenvalue weighted by molar-refractivity contribution is 0.0601. The minimum absolute atomic E-state index is 0.371. The summed E-state index contributed by atoms with van der Waals surface area (Å²) in [6, 6.07) is 17.3. The first kappa shape index (κ1) is 16.0. The normalized spacial score (nSPS) is 10.8. The van der Waals surface area contributed by atoms with E-state index in [0.29, 0.717) is 22.9 Å². The van der Waals surface area contributed by atoms with E-state index in [9.17, 15) is 4.79 Å². The van der Waals surface area contributed by atoms with Crippen molar-refractivity contribution in [3.05, 3.63) is 65.7 Å². The van der Waals surface area contributed by atoms with Crippen LogP contribution in [0, 0.1) is 0 Å². The number of rotatable bonds is 4.